The second-order valence-electron chi connectivity index (χ2n) is 5.12. The largest absolute Gasteiger partial charge is 0.497 e. The average molecular weight is 247 g/mol. The van der Waals surface area contributed by atoms with E-state index in [1.807, 2.05) is 6.07 Å². The Morgan fingerprint density at radius 1 is 1.56 bits per heavy atom. The highest BCUT2D eigenvalue weighted by Gasteiger charge is 2.27. The average Bonchev–Trinajstić information content (AvgIpc) is 2.78. The Kier molecular flexibility index (Phi) is 3.90. The van der Waals surface area contributed by atoms with Crippen LogP contribution in [0.3, 0.4) is 0 Å². The molecule has 1 aromatic carbocycles. The van der Waals surface area contributed by atoms with Crippen LogP contribution in [0.25, 0.3) is 0 Å². The lowest BCUT2D eigenvalue weighted by Crippen LogP contribution is -2.28. The van der Waals surface area contributed by atoms with E-state index < -0.39 is 0 Å². The molecule has 0 fully saturated rings. The molecule has 0 bridgehead atoms. The molecule has 18 heavy (non-hydrogen) atoms. The summed E-state index contributed by atoms with van der Waals surface area (Å²) in [6.07, 6.45) is 2.30. The second-order valence-corrected chi connectivity index (χ2v) is 5.12. The molecular weight excluding hydrogens is 226 g/mol. The van der Waals surface area contributed by atoms with Gasteiger partial charge in [-0.25, -0.2) is 0 Å². The van der Waals surface area contributed by atoms with Gasteiger partial charge in [0.25, 0.3) is 0 Å². The van der Waals surface area contributed by atoms with Crippen molar-refractivity contribution in [2.75, 3.05) is 13.7 Å². The molecule has 0 aromatic heterocycles. The molecule has 2 rings (SSSR count). The van der Waals surface area contributed by atoms with Gasteiger partial charge in [-0.3, -0.25) is 4.79 Å². The van der Waals surface area contributed by atoms with E-state index in [0.717, 1.165) is 18.7 Å². The summed E-state index contributed by atoms with van der Waals surface area (Å²) < 4.78 is 5.30. The standard InChI is InChI=1S/C15H21NO2/c1-10(9-16-11(2)17)14-7-5-12-4-6-13(18-3)8-15(12)14/h4,6,8,10,14H,5,7,9H2,1-3H3,(H,16,17)/t10-,14+/m1/s1. The van der Waals surface area contributed by atoms with Crippen molar-refractivity contribution >= 4 is 5.91 Å². The third kappa shape index (κ3) is 2.66. The number of hydrogen-bond acceptors (Lipinski definition) is 2. The summed E-state index contributed by atoms with van der Waals surface area (Å²) in [7, 11) is 1.70. The number of benzene rings is 1. The van der Waals surface area contributed by atoms with E-state index in [-0.39, 0.29) is 5.91 Å². The topological polar surface area (TPSA) is 38.3 Å². The van der Waals surface area contributed by atoms with Gasteiger partial charge in [-0.1, -0.05) is 13.0 Å². The summed E-state index contributed by atoms with van der Waals surface area (Å²) in [5, 5.41) is 2.91. The number of carbonyl (C=O) groups excluding carboxylic acids is 1. The molecule has 0 saturated heterocycles. The van der Waals surface area contributed by atoms with E-state index in [1.54, 1.807) is 14.0 Å². The Labute approximate surface area is 109 Å². The number of fused-ring (bicyclic) bond motifs is 1. The molecule has 3 heteroatoms. The summed E-state index contributed by atoms with van der Waals surface area (Å²) in [5.41, 5.74) is 2.82. The smallest absolute Gasteiger partial charge is 0.216 e. The highest BCUT2D eigenvalue weighted by Crippen LogP contribution is 2.39. The summed E-state index contributed by atoms with van der Waals surface area (Å²) in [4.78, 5) is 11.0. The number of rotatable bonds is 4. The molecule has 3 nitrogen and oxygen atoms in total. The van der Waals surface area contributed by atoms with Gasteiger partial charge in [0.05, 0.1) is 7.11 Å². The number of amides is 1. The minimum atomic E-state index is 0.0470. The number of nitrogens with one attached hydrogen (secondary N) is 1. The Balaban J connectivity index is 2.12. The molecule has 2 atom stereocenters. The third-order valence-electron chi connectivity index (χ3n) is 3.84. The number of ether oxygens (including phenoxy) is 1. The number of methoxy groups -OCH3 is 1. The maximum atomic E-state index is 11.0. The molecular formula is C15H21NO2. The van der Waals surface area contributed by atoms with E-state index in [0.29, 0.717) is 11.8 Å². The van der Waals surface area contributed by atoms with Crippen LogP contribution in [0.2, 0.25) is 0 Å². The molecule has 1 N–H and O–H groups in total. The van der Waals surface area contributed by atoms with Gasteiger partial charge >= 0.3 is 0 Å². The molecule has 0 heterocycles. The van der Waals surface area contributed by atoms with Crippen LogP contribution in [0.5, 0.6) is 5.75 Å². The van der Waals surface area contributed by atoms with E-state index in [4.69, 9.17) is 4.74 Å². The van der Waals surface area contributed by atoms with Crippen molar-refractivity contribution in [3.05, 3.63) is 29.3 Å². The number of carbonyl (C=O) groups is 1. The normalized spacial score (nSPS) is 19.2. The molecule has 0 spiro atoms. The zero-order valence-corrected chi connectivity index (χ0v) is 11.3. The fourth-order valence-corrected chi connectivity index (χ4v) is 2.78. The Morgan fingerprint density at radius 3 is 3.00 bits per heavy atom. The third-order valence-corrected chi connectivity index (χ3v) is 3.84. The van der Waals surface area contributed by atoms with Crippen molar-refractivity contribution in [1.29, 1.82) is 0 Å². The Bertz CT molecular complexity index is 442. The van der Waals surface area contributed by atoms with Crippen LogP contribution in [-0.4, -0.2) is 19.6 Å². The van der Waals surface area contributed by atoms with Crippen LogP contribution >= 0.6 is 0 Å². The first-order chi connectivity index (χ1) is 8.61. The maximum Gasteiger partial charge on any atom is 0.216 e. The molecule has 1 aliphatic carbocycles. The van der Waals surface area contributed by atoms with Crippen molar-refractivity contribution < 1.29 is 9.53 Å². The van der Waals surface area contributed by atoms with Crippen molar-refractivity contribution in [2.45, 2.75) is 32.6 Å². The van der Waals surface area contributed by atoms with Crippen molar-refractivity contribution in [1.82, 2.24) is 5.32 Å². The predicted molar refractivity (Wildman–Crippen MR) is 71.9 cm³/mol. The molecule has 0 unspecified atom stereocenters. The Hall–Kier alpha value is -1.51. The predicted octanol–water partition coefficient (Wildman–Crippen LogP) is 2.50. The van der Waals surface area contributed by atoms with Crippen LogP contribution in [0.1, 0.15) is 37.3 Å². The van der Waals surface area contributed by atoms with Crippen molar-refractivity contribution in [3.8, 4) is 5.75 Å². The van der Waals surface area contributed by atoms with E-state index >= 15 is 0 Å². The maximum absolute atomic E-state index is 11.0. The van der Waals surface area contributed by atoms with Gasteiger partial charge in [-0.05, 0) is 47.9 Å². The molecule has 98 valence electrons. The number of hydrogen-bond donors (Lipinski definition) is 1. The van der Waals surface area contributed by atoms with Gasteiger partial charge in [0.15, 0.2) is 0 Å². The summed E-state index contributed by atoms with van der Waals surface area (Å²) in [6.45, 7) is 4.52. The summed E-state index contributed by atoms with van der Waals surface area (Å²) in [5.74, 6) is 1.96. The lowest BCUT2D eigenvalue weighted by Gasteiger charge is -2.20. The van der Waals surface area contributed by atoms with Crippen LogP contribution < -0.4 is 10.1 Å². The van der Waals surface area contributed by atoms with Gasteiger partial charge in [-0.2, -0.15) is 0 Å². The second kappa shape index (κ2) is 5.42. The highest BCUT2D eigenvalue weighted by atomic mass is 16.5. The van der Waals surface area contributed by atoms with Crippen LogP contribution in [-0.2, 0) is 11.2 Å². The zero-order chi connectivity index (χ0) is 13.1. The van der Waals surface area contributed by atoms with Crippen LogP contribution in [0.4, 0.5) is 0 Å². The summed E-state index contributed by atoms with van der Waals surface area (Å²) >= 11 is 0. The van der Waals surface area contributed by atoms with Gasteiger partial charge in [0.1, 0.15) is 5.75 Å². The molecule has 1 amide bonds. The monoisotopic (exact) mass is 247 g/mol. The van der Waals surface area contributed by atoms with Crippen LogP contribution in [0.15, 0.2) is 18.2 Å². The minimum absolute atomic E-state index is 0.0470. The summed E-state index contributed by atoms with van der Waals surface area (Å²) in [6, 6.07) is 6.34. The molecule has 0 saturated carbocycles. The first kappa shape index (κ1) is 12.9. The Morgan fingerprint density at radius 2 is 2.33 bits per heavy atom. The minimum Gasteiger partial charge on any atom is -0.497 e. The first-order valence-electron chi connectivity index (χ1n) is 6.53. The lowest BCUT2D eigenvalue weighted by molar-refractivity contribution is -0.119. The highest BCUT2D eigenvalue weighted by molar-refractivity contribution is 5.72. The number of aryl methyl sites for hydroxylation is 1. The molecule has 0 aliphatic heterocycles. The molecule has 1 aliphatic rings. The van der Waals surface area contributed by atoms with E-state index in [2.05, 4.69) is 24.4 Å². The quantitative estimate of drug-likeness (QED) is 0.887. The van der Waals surface area contributed by atoms with Crippen molar-refractivity contribution in [3.63, 3.8) is 0 Å². The fourth-order valence-electron chi connectivity index (χ4n) is 2.78. The molecule has 1 aromatic rings. The first-order valence-corrected chi connectivity index (χ1v) is 6.53. The van der Waals surface area contributed by atoms with Crippen LogP contribution in [0, 0.1) is 5.92 Å². The van der Waals surface area contributed by atoms with Gasteiger partial charge in [0.2, 0.25) is 5.91 Å². The van der Waals surface area contributed by atoms with Crippen molar-refractivity contribution in [2.24, 2.45) is 5.92 Å². The lowest BCUT2D eigenvalue weighted by atomic mass is 9.88. The van der Waals surface area contributed by atoms with Gasteiger partial charge < -0.3 is 10.1 Å². The van der Waals surface area contributed by atoms with E-state index in [9.17, 15) is 4.79 Å². The molecule has 0 radical (unpaired) electrons. The fraction of sp³-hybridized carbons (Fsp3) is 0.533. The van der Waals surface area contributed by atoms with Gasteiger partial charge in [-0.15, -0.1) is 0 Å². The zero-order valence-electron chi connectivity index (χ0n) is 11.3. The van der Waals surface area contributed by atoms with E-state index in [1.165, 1.54) is 17.5 Å². The van der Waals surface area contributed by atoms with Gasteiger partial charge in [0, 0.05) is 13.5 Å². The SMILES string of the molecule is COc1ccc2c(c1)[C@H]([C@H](C)CNC(C)=O)CC2.